The Balaban J connectivity index is 4.06. The SMILES string of the molecule is CC/C=C\C/C=C\C/C=C\C/C=C\CCCCCCCCCCCCCCCCC(=O)NC(COP(=O)([O-])OCC[N+](C)(C)C)C(O)CCCCCCCCCC. The highest BCUT2D eigenvalue weighted by Gasteiger charge is 2.24. The normalized spacial score (nSPS) is 14.7. The number of aliphatic hydroxyl groups excluding tert-OH is 1. The molecule has 0 aliphatic rings. The lowest BCUT2D eigenvalue weighted by Crippen LogP contribution is -2.46. The highest BCUT2D eigenvalue weighted by Crippen LogP contribution is 2.38. The molecule has 0 saturated heterocycles. The van der Waals surface area contributed by atoms with Crippen molar-refractivity contribution >= 4 is 13.7 Å². The van der Waals surface area contributed by atoms with Crippen molar-refractivity contribution in [3.05, 3.63) is 48.6 Å². The van der Waals surface area contributed by atoms with Gasteiger partial charge in [0.05, 0.1) is 39.9 Å². The van der Waals surface area contributed by atoms with E-state index in [1.807, 2.05) is 21.1 Å². The number of likely N-dealkylation sites (N-methyl/N-ethyl adjacent to an activating group) is 1. The van der Waals surface area contributed by atoms with Crippen LogP contribution in [0, 0.1) is 0 Å². The zero-order valence-electron chi connectivity index (χ0n) is 37.8. The summed E-state index contributed by atoms with van der Waals surface area (Å²) in [4.78, 5) is 25.3. The fourth-order valence-electron chi connectivity index (χ4n) is 6.62. The average molecular weight is 823 g/mol. The Morgan fingerprint density at radius 2 is 1.07 bits per heavy atom. The van der Waals surface area contributed by atoms with Crippen LogP contribution in [-0.4, -0.2) is 68.5 Å². The van der Waals surface area contributed by atoms with Gasteiger partial charge < -0.3 is 28.8 Å². The largest absolute Gasteiger partial charge is 0.756 e. The molecule has 9 heteroatoms. The second kappa shape index (κ2) is 39.9. The van der Waals surface area contributed by atoms with Crippen molar-refractivity contribution < 1.29 is 32.9 Å². The number of rotatable bonds is 42. The van der Waals surface area contributed by atoms with Crippen molar-refractivity contribution in [2.45, 2.75) is 212 Å². The van der Waals surface area contributed by atoms with Crippen molar-refractivity contribution in [1.82, 2.24) is 5.32 Å². The summed E-state index contributed by atoms with van der Waals surface area (Å²) in [6, 6.07) is -0.798. The first-order valence-corrected chi connectivity index (χ1v) is 24.9. The minimum absolute atomic E-state index is 0.0110. The molecule has 0 aliphatic carbocycles. The molecule has 0 heterocycles. The lowest BCUT2D eigenvalue weighted by atomic mass is 10.0. The summed E-state index contributed by atoms with van der Waals surface area (Å²) in [6.07, 6.45) is 50.0. The first kappa shape index (κ1) is 55.5. The summed E-state index contributed by atoms with van der Waals surface area (Å²) in [5.41, 5.74) is 0. The van der Waals surface area contributed by atoms with Crippen LogP contribution in [-0.2, 0) is 18.4 Å². The molecule has 0 aromatic rings. The quantitative estimate of drug-likeness (QED) is 0.0275. The Labute approximate surface area is 352 Å². The molecular weight excluding hydrogens is 732 g/mol. The highest BCUT2D eigenvalue weighted by atomic mass is 31.2. The number of quaternary nitrogens is 1. The zero-order valence-corrected chi connectivity index (χ0v) is 38.7. The van der Waals surface area contributed by atoms with E-state index in [1.165, 1.54) is 109 Å². The Morgan fingerprint density at radius 3 is 1.56 bits per heavy atom. The Kier molecular flexibility index (Phi) is 38.8. The van der Waals surface area contributed by atoms with Crippen LogP contribution in [0.25, 0.3) is 0 Å². The van der Waals surface area contributed by atoms with Crippen LogP contribution < -0.4 is 10.2 Å². The van der Waals surface area contributed by atoms with Crippen molar-refractivity contribution in [1.29, 1.82) is 0 Å². The summed E-state index contributed by atoms with van der Waals surface area (Å²) in [7, 11) is 1.30. The number of hydrogen-bond acceptors (Lipinski definition) is 6. The molecule has 8 nitrogen and oxygen atoms in total. The van der Waals surface area contributed by atoms with E-state index in [0.717, 1.165) is 64.2 Å². The molecule has 3 unspecified atom stereocenters. The van der Waals surface area contributed by atoms with Gasteiger partial charge in [0.1, 0.15) is 13.2 Å². The summed E-state index contributed by atoms with van der Waals surface area (Å²) in [5, 5.41) is 13.8. The zero-order chi connectivity index (χ0) is 42.1. The molecule has 0 aromatic heterocycles. The molecule has 1 amide bonds. The molecule has 0 aliphatic heterocycles. The minimum atomic E-state index is -4.56. The number of amides is 1. The van der Waals surface area contributed by atoms with Crippen LogP contribution >= 0.6 is 7.82 Å². The van der Waals surface area contributed by atoms with Gasteiger partial charge in [0.15, 0.2) is 0 Å². The standard InChI is InChI=1S/C48H91N2O6P/c1-6-8-10-12-14-16-17-18-19-20-21-22-23-24-25-26-27-28-29-30-31-32-33-34-36-38-40-42-48(52)49-46(45-56-57(53,54)55-44-43-50(3,4)5)47(51)41-39-37-35-15-13-11-9-7-2/h8,10,14,16,18-19,21-22,46-47,51H,6-7,9,11-13,15,17,20,23-45H2,1-5H3,(H-,49,52,53,54)/b10-8-,16-14-,19-18-,22-21-. The van der Waals surface area contributed by atoms with Crippen molar-refractivity contribution in [3.8, 4) is 0 Å². The second-order valence-electron chi connectivity index (χ2n) is 17.1. The van der Waals surface area contributed by atoms with E-state index in [-0.39, 0.29) is 19.1 Å². The molecule has 3 atom stereocenters. The van der Waals surface area contributed by atoms with Crippen LogP contribution in [0.15, 0.2) is 48.6 Å². The van der Waals surface area contributed by atoms with Gasteiger partial charge in [-0.1, -0.05) is 191 Å². The van der Waals surface area contributed by atoms with Gasteiger partial charge in [0, 0.05) is 6.42 Å². The maximum absolute atomic E-state index is 12.8. The van der Waals surface area contributed by atoms with E-state index in [9.17, 15) is 19.4 Å². The lowest BCUT2D eigenvalue weighted by Gasteiger charge is -2.30. The molecule has 0 rings (SSSR count). The highest BCUT2D eigenvalue weighted by molar-refractivity contribution is 7.45. The molecule has 0 fully saturated rings. The molecule has 0 bridgehead atoms. The van der Waals surface area contributed by atoms with Crippen molar-refractivity contribution in [2.24, 2.45) is 0 Å². The monoisotopic (exact) mass is 823 g/mol. The van der Waals surface area contributed by atoms with E-state index in [2.05, 4.69) is 67.8 Å². The smallest absolute Gasteiger partial charge is 0.268 e. The van der Waals surface area contributed by atoms with Gasteiger partial charge in [-0.05, 0) is 51.4 Å². The number of nitrogens with one attached hydrogen (secondary N) is 1. The number of nitrogens with zero attached hydrogens (tertiary/aromatic N) is 1. The van der Waals surface area contributed by atoms with Crippen LogP contribution in [0.4, 0.5) is 0 Å². The van der Waals surface area contributed by atoms with Crippen molar-refractivity contribution in [3.63, 3.8) is 0 Å². The molecule has 0 spiro atoms. The van der Waals surface area contributed by atoms with Crippen molar-refractivity contribution in [2.75, 3.05) is 40.9 Å². The number of carbonyl (C=O) groups excluding carboxylic acids is 1. The maximum atomic E-state index is 12.8. The third-order valence-electron chi connectivity index (χ3n) is 10.3. The summed E-state index contributed by atoms with van der Waals surface area (Å²) in [6.45, 7) is 4.56. The fourth-order valence-corrected chi connectivity index (χ4v) is 7.34. The van der Waals surface area contributed by atoms with Crippen LogP contribution in [0.5, 0.6) is 0 Å². The van der Waals surface area contributed by atoms with Gasteiger partial charge in [0.25, 0.3) is 7.82 Å². The van der Waals surface area contributed by atoms with E-state index in [0.29, 0.717) is 23.9 Å². The molecular formula is C48H91N2O6P. The van der Waals surface area contributed by atoms with E-state index < -0.39 is 20.0 Å². The number of hydrogen-bond donors (Lipinski definition) is 2. The Hall–Kier alpha value is -1.54. The van der Waals surface area contributed by atoms with Crippen LogP contribution in [0.3, 0.4) is 0 Å². The second-order valence-corrected chi connectivity index (χ2v) is 18.5. The third-order valence-corrected chi connectivity index (χ3v) is 11.3. The number of allylic oxidation sites excluding steroid dienone is 8. The molecule has 0 aromatic carbocycles. The number of unbranched alkanes of at least 4 members (excludes halogenated alkanes) is 21. The van der Waals surface area contributed by atoms with Crippen LogP contribution in [0.2, 0.25) is 0 Å². The fraction of sp³-hybridized carbons (Fsp3) is 0.812. The lowest BCUT2D eigenvalue weighted by molar-refractivity contribution is -0.870. The first-order valence-electron chi connectivity index (χ1n) is 23.5. The number of aliphatic hydroxyl groups is 1. The molecule has 57 heavy (non-hydrogen) atoms. The predicted octanol–water partition coefficient (Wildman–Crippen LogP) is 12.6. The third kappa shape index (κ3) is 42.4. The van der Waals surface area contributed by atoms with Gasteiger partial charge in [0.2, 0.25) is 5.91 Å². The van der Waals surface area contributed by atoms with Gasteiger partial charge >= 0.3 is 0 Å². The number of phosphoric ester groups is 1. The maximum Gasteiger partial charge on any atom is 0.268 e. The van der Waals surface area contributed by atoms with Gasteiger partial charge in [-0.2, -0.15) is 0 Å². The molecule has 0 saturated carbocycles. The van der Waals surface area contributed by atoms with Crippen LogP contribution in [0.1, 0.15) is 200 Å². The summed E-state index contributed by atoms with van der Waals surface area (Å²) in [5.74, 6) is -0.170. The molecule has 2 N–H and O–H groups in total. The predicted molar refractivity (Wildman–Crippen MR) is 242 cm³/mol. The number of carbonyl (C=O) groups is 1. The topological polar surface area (TPSA) is 108 Å². The first-order chi connectivity index (χ1) is 27.5. The summed E-state index contributed by atoms with van der Waals surface area (Å²) >= 11 is 0. The Bertz CT molecular complexity index is 1070. The molecule has 334 valence electrons. The van der Waals surface area contributed by atoms with Gasteiger partial charge in [-0.3, -0.25) is 9.36 Å². The molecule has 0 radical (unpaired) electrons. The minimum Gasteiger partial charge on any atom is -0.756 e. The van der Waals surface area contributed by atoms with Gasteiger partial charge in [-0.25, -0.2) is 0 Å². The Morgan fingerprint density at radius 1 is 0.632 bits per heavy atom. The van der Waals surface area contributed by atoms with Gasteiger partial charge in [-0.15, -0.1) is 0 Å². The van der Waals surface area contributed by atoms with E-state index >= 15 is 0 Å². The summed E-state index contributed by atoms with van der Waals surface area (Å²) < 4.78 is 23.2. The number of phosphoric acid groups is 1. The van der Waals surface area contributed by atoms with E-state index in [4.69, 9.17) is 9.05 Å². The van der Waals surface area contributed by atoms with E-state index in [1.54, 1.807) is 0 Å². The average Bonchev–Trinajstić information content (AvgIpc) is 3.16.